The number of nitrogens with two attached hydrogens (primary N) is 1. The number of rotatable bonds is 6. The normalized spacial score (nSPS) is 12.1. The van der Waals surface area contributed by atoms with Gasteiger partial charge in [0, 0.05) is 12.1 Å². The van der Waals surface area contributed by atoms with Gasteiger partial charge in [0.2, 0.25) is 0 Å². The van der Waals surface area contributed by atoms with Gasteiger partial charge in [-0.3, -0.25) is 4.79 Å². The van der Waals surface area contributed by atoms with E-state index in [4.69, 9.17) is 10.5 Å². The Kier molecular flexibility index (Phi) is 5.53. The van der Waals surface area contributed by atoms with Gasteiger partial charge in [0.15, 0.2) is 0 Å². The Morgan fingerprint density at radius 2 is 2.00 bits per heavy atom. The molecule has 0 aliphatic rings. The number of aryl methyl sites for hydroxylation is 1. The third kappa shape index (κ3) is 5.38. The zero-order valence-corrected chi connectivity index (χ0v) is 10.6. The van der Waals surface area contributed by atoms with Crippen LogP contribution >= 0.6 is 0 Å². The second-order valence-corrected chi connectivity index (χ2v) is 4.33. The lowest BCUT2D eigenvalue weighted by atomic mass is 10.1. The fourth-order valence-corrected chi connectivity index (χ4v) is 1.68. The lowest BCUT2D eigenvalue weighted by molar-refractivity contribution is -0.148. The highest BCUT2D eigenvalue weighted by Gasteiger charge is 2.08. The molecule has 3 nitrogen and oxygen atoms in total. The summed E-state index contributed by atoms with van der Waals surface area (Å²) in [4.78, 5) is 11.5. The zero-order chi connectivity index (χ0) is 12.7. The van der Waals surface area contributed by atoms with E-state index in [0.717, 1.165) is 24.1 Å². The quantitative estimate of drug-likeness (QED) is 0.609. The highest BCUT2D eigenvalue weighted by Crippen LogP contribution is 2.09. The van der Waals surface area contributed by atoms with Crippen molar-refractivity contribution in [3.05, 3.63) is 29.8 Å². The summed E-state index contributed by atoms with van der Waals surface area (Å²) in [5.41, 5.74) is 7.44. The van der Waals surface area contributed by atoms with Crippen LogP contribution in [-0.2, 0) is 16.0 Å². The topological polar surface area (TPSA) is 52.3 Å². The smallest absolute Gasteiger partial charge is 0.306 e. The van der Waals surface area contributed by atoms with E-state index in [2.05, 4.69) is 6.92 Å². The molecule has 3 heteroatoms. The zero-order valence-electron chi connectivity index (χ0n) is 10.6. The van der Waals surface area contributed by atoms with Crippen LogP contribution < -0.4 is 5.73 Å². The van der Waals surface area contributed by atoms with Gasteiger partial charge in [-0.05, 0) is 37.5 Å². The van der Waals surface area contributed by atoms with Gasteiger partial charge < -0.3 is 10.5 Å². The molecular weight excluding hydrogens is 214 g/mol. The number of ether oxygens (including phenoxy) is 1. The summed E-state index contributed by atoms with van der Waals surface area (Å²) >= 11 is 0. The van der Waals surface area contributed by atoms with Crippen molar-refractivity contribution in [3.8, 4) is 0 Å². The van der Waals surface area contributed by atoms with Crippen LogP contribution in [-0.4, -0.2) is 12.1 Å². The standard InChI is InChI=1S/C14H21NO2/c1-3-4-11(2)17-14(16)10-7-12-5-8-13(15)9-6-12/h5-6,8-9,11H,3-4,7,10,15H2,1-2H3. The van der Waals surface area contributed by atoms with Crippen molar-refractivity contribution in [1.29, 1.82) is 0 Å². The maximum Gasteiger partial charge on any atom is 0.306 e. The van der Waals surface area contributed by atoms with Gasteiger partial charge in [-0.2, -0.15) is 0 Å². The van der Waals surface area contributed by atoms with E-state index in [9.17, 15) is 4.79 Å². The van der Waals surface area contributed by atoms with Gasteiger partial charge in [0.25, 0.3) is 0 Å². The van der Waals surface area contributed by atoms with Gasteiger partial charge in [0.05, 0.1) is 6.10 Å². The first kappa shape index (κ1) is 13.6. The Hall–Kier alpha value is -1.51. The van der Waals surface area contributed by atoms with Crippen LogP contribution in [0.5, 0.6) is 0 Å². The number of esters is 1. The monoisotopic (exact) mass is 235 g/mol. The fraction of sp³-hybridized carbons (Fsp3) is 0.500. The average molecular weight is 235 g/mol. The minimum atomic E-state index is -0.122. The Labute approximate surface area is 103 Å². The number of nitrogen functional groups attached to an aromatic ring is 1. The van der Waals surface area contributed by atoms with Gasteiger partial charge in [-0.25, -0.2) is 0 Å². The van der Waals surface area contributed by atoms with Crippen LogP contribution in [0, 0.1) is 0 Å². The first-order valence-corrected chi connectivity index (χ1v) is 6.15. The van der Waals surface area contributed by atoms with Gasteiger partial charge >= 0.3 is 5.97 Å². The summed E-state index contributed by atoms with van der Waals surface area (Å²) in [6.07, 6.45) is 3.12. The van der Waals surface area contributed by atoms with E-state index in [0.29, 0.717) is 12.8 Å². The van der Waals surface area contributed by atoms with Crippen LogP contribution in [0.3, 0.4) is 0 Å². The molecule has 1 aromatic rings. The molecule has 0 saturated heterocycles. The SMILES string of the molecule is CCCC(C)OC(=O)CCc1ccc(N)cc1. The summed E-state index contributed by atoms with van der Waals surface area (Å²) in [5, 5.41) is 0. The third-order valence-electron chi connectivity index (χ3n) is 2.63. The molecule has 94 valence electrons. The van der Waals surface area contributed by atoms with Crippen molar-refractivity contribution in [1.82, 2.24) is 0 Å². The second kappa shape index (κ2) is 6.94. The number of hydrogen-bond donors (Lipinski definition) is 1. The lowest BCUT2D eigenvalue weighted by Crippen LogP contribution is -2.15. The van der Waals surface area contributed by atoms with E-state index in [1.807, 2.05) is 31.2 Å². The summed E-state index contributed by atoms with van der Waals surface area (Å²) in [6, 6.07) is 7.58. The van der Waals surface area contributed by atoms with E-state index in [1.165, 1.54) is 0 Å². The van der Waals surface area contributed by atoms with E-state index < -0.39 is 0 Å². The van der Waals surface area contributed by atoms with Crippen LogP contribution in [0.15, 0.2) is 24.3 Å². The first-order chi connectivity index (χ1) is 8.11. The Balaban J connectivity index is 2.30. The number of hydrogen-bond acceptors (Lipinski definition) is 3. The summed E-state index contributed by atoms with van der Waals surface area (Å²) < 4.78 is 5.27. The highest BCUT2D eigenvalue weighted by molar-refractivity contribution is 5.69. The maximum atomic E-state index is 11.5. The molecule has 0 aromatic heterocycles. The molecule has 0 saturated carbocycles. The largest absolute Gasteiger partial charge is 0.463 e. The molecule has 1 atom stereocenters. The molecule has 2 N–H and O–H groups in total. The molecule has 1 rings (SSSR count). The Bertz CT molecular complexity index is 346. The molecule has 0 spiro atoms. The van der Waals surface area contributed by atoms with Crippen molar-refractivity contribution in [2.24, 2.45) is 0 Å². The number of carbonyl (C=O) groups excluding carboxylic acids is 1. The minimum absolute atomic E-state index is 0.0268. The van der Waals surface area contributed by atoms with Crippen LogP contribution in [0.25, 0.3) is 0 Å². The number of anilines is 1. The molecule has 0 aliphatic heterocycles. The molecule has 0 fully saturated rings. The van der Waals surface area contributed by atoms with E-state index in [1.54, 1.807) is 0 Å². The molecule has 0 heterocycles. The third-order valence-corrected chi connectivity index (χ3v) is 2.63. The fourth-order valence-electron chi connectivity index (χ4n) is 1.68. The van der Waals surface area contributed by atoms with Crippen molar-refractivity contribution < 1.29 is 9.53 Å². The number of benzene rings is 1. The molecular formula is C14H21NO2. The highest BCUT2D eigenvalue weighted by atomic mass is 16.5. The average Bonchev–Trinajstić information content (AvgIpc) is 2.28. The Morgan fingerprint density at radius 3 is 2.59 bits per heavy atom. The van der Waals surface area contributed by atoms with Gasteiger partial charge in [0.1, 0.15) is 0 Å². The summed E-state index contributed by atoms with van der Waals surface area (Å²) in [7, 11) is 0. The summed E-state index contributed by atoms with van der Waals surface area (Å²) in [6.45, 7) is 4.02. The van der Waals surface area contributed by atoms with Crippen molar-refractivity contribution >= 4 is 11.7 Å². The molecule has 0 aliphatic carbocycles. The molecule has 0 amide bonds. The predicted molar refractivity (Wildman–Crippen MR) is 69.6 cm³/mol. The van der Waals surface area contributed by atoms with E-state index >= 15 is 0 Å². The predicted octanol–water partition coefficient (Wildman–Crippen LogP) is 2.93. The van der Waals surface area contributed by atoms with Crippen LogP contribution in [0.4, 0.5) is 5.69 Å². The molecule has 0 radical (unpaired) electrons. The molecule has 17 heavy (non-hydrogen) atoms. The van der Waals surface area contributed by atoms with Crippen molar-refractivity contribution in [2.45, 2.75) is 45.6 Å². The first-order valence-electron chi connectivity index (χ1n) is 6.15. The van der Waals surface area contributed by atoms with E-state index in [-0.39, 0.29) is 12.1 Å². The van der Waals surface area contributed by atoms with Crippen molar-refractivity contribution in [3.63, 3.8) is 0 Å². The molecule has 1 aromatic carbocycles. The van der Waals surface area contributed by atoms with Crippen molar-refractivity contribution in [2.75, 3.05) is 5.73 Å². The van der Waals surface area contributed by atoms with Gasteiger partial charge in [-0.1, -0.05) is 25.5 Å². The second-order valence-electron chi connectivity index (χ2n) is 4.33. The number of carbonyl (C=O) groups is 1. The van der Waals surface area contributed by atoms with Crippen LogP contribution in [0.2, 0.25) is 0 Å². The maximum absolute atomic E-state index is 11.5. The Morgan fingerprint density at radius 1 is 1.35 bits per heavy atom. The van der Waals surface area contributed by atoms with Gasteiger partial charge in [-0.15, -0.1) is 0 Å². The minimum Gasteiger partial charge on any atom is -0.463 e. The van der Waals surface area contributed by atoms with Crippen LogP contribution in [0.1, 0.15) is 38.7 Å². The summed E-state index contributed by atoms with van der Waals surface area (Å²) in [5.74, 6) is -0.122. The molecule has 0 bridgehead atoms. The lowest BCUT2D eigenvalue weighted by Gasteiger charge is -2.11. The molecule has 1 unspecified atom stereocenters.